The van der Waals surface area contributed by atoms with Crippen LogP contribution in [0.25, 0.3) is 23.1 Å². The Hall–Kier alpha value is -1.76. The van der Waals surface area contributed by atoms with Crippen molar-refractivity contribution in [3.8, 4) is 0 Å². The molecule has 2 atom stereocenters. The lowest BCUT2D eigenvalue weighted by Crippen LogP contribution is -2.26. The van der Waals surface area contributed by atoms with E-state index in [1.165, 1.54) is 22.2 Å². The van der Waals surface area contributed by atoms with Gasteiger partial charge in [-0.1, -0.05) is 79.0 Å². The average Bonchev–Trinajstić information content (AvgIpc) is 2.84. The molecule has 0 fully saturated rings. The van der Waals surface area contributed by atoms with E-state index in [1.54, 1.807) is 0 Å². The highest BCUT2D eigenvalue weighted by Crippen LogP contribution is 2.41. The number of para-hydroxylation sites is 1. The third-order valence-corrected chi connectivity index (χ3v) is 5.20. The van der Waals surface area contributed by atoms with Crippen LogP contribution in [0, 0.1) is 17.3 Å². The van der Waals surface area contributed by atoms with Crippen LogP contribution in [-0.4, -0.2) is 4.57 Å². The van der Waals surface area contributed by atoms with Crippen LogP contribution in [0.15, 0.2) is 37.4 Å². The van der Waals surface area contributed by atoms with Crippen molar-refractivity contribution >= 4 is 23.1 Å². The molecule has 0 bridgehead atoms. The zero-order valence-electron chi connectivity index (χ0n) is 16.3. The molecule has 2 rings (SSSR count). The van der Waals surface area contributed by atoms with Crippen molar-refractivity contribution in [3.63, 3.8) is 0 Å². The fourth-order valence-electron chi connectivity index (χ4n) is 3.67. The molecule has 0 saturated heterocycles. The third kappa shape index (κ3) is 3.50. The van der Waals surface area contributed by atoms with E-state index >= 15 is 0 Å². The van der Waals surface area contributed by atoms with E-state index in [9.17, 15) is 0 Å². The van der Waals surface area contributed by atoms with Gasteiger partial charge in [0.05, 0.1) is 0 Å². The summed E-state index contributed by atoms with van der Waals surface area (Å²) < 4.78 is 2.52. The first-order valence-corrected chi connectivity index (χ1v) is 9.09. The summed E-state index contributed by atoms with van der Waals surface area (Å²) in [6.07, 6.45) is 5.12. The lowest BCUT2D eigenvalue weighted by atomic mass is 9.79. The molecule has 0 saturated carbocycles. The lowest BCUT2D eigenvalue weighted by molar-refractivity contribution is 0.202. The molecule has 1 aromatic heterocycles. The molecular weight excluding hydrogens is 290 g/mol. The van der Waals surface area contributed by atoms with Gasteiger partial charge in [-0.15, -0.1) is 0 Å². The normalized spacial score (nSPS) is 14.8. The molecule has 0 N–H and O–H groups in total. The molecule has 2 unspecified atom stereocenters. The van der Waals surface area contributed by atoms with E-state index < -0.39 is 0 Å². The highest BCUT2D eigenvalue weighted by atomic mass is 15.0. The van der Waals surface area contributed by atoms with E-state index in [1.807, 2.05) is 12.2 Å². The van der Waals surface area contributed by atoms with Gasteiger partial charge in [0.15, 0.2) is 0 Å². The Labute approximate surface area is 148 Å². The van der Waals surface area contributed by atoms with Gasteiger partial charge in [0.1, 0.15) is 0 Å². The van der Waals surface area contributed by atoms with Crippen molar-refractivity contribution in [2.45, 2.75) is 54.0 Å². The van der Waals surface area contributed by atoms with Gasteiger partial charge in [0.2, 0.25) is 0 Å². The van der Waals surface area contributed by atoms with Crippen LogP contribution in [-0.2, 0) is 0 Å². The Morgan fingerprint density at radius 1 is 1.04 bits per heavy atom. The van der Waals surface area contributed by atoms with Crippen molar-refractivity contribution < 1.29 is 0 Å². The number of benzene rings is 1. The number of fused-ring (bicyclic) bond motifs is 1. The van der Waals surface area contributed by atoms with Crippen molar-refractivity contribution in [1.82, 2.24) is 4.57 Å². The number of nitrogens with zero attached hydrogens (tertiary/aromatic N) is 1. The first-order valence-electron chi connectivity index (χ1n) is 9.09. The Morgan fingerprint density at radius 3 is 2.17 bits per heavy atom. The highest BCUT2D eigenvalue weighted by Gasteiger charge is 2.30. The summed E-state index contributed by atoms with van der Waals surface area (Å²) in [5, 5.41) is 1.28. The Bertz CT molecular complexity index is 724. The largest absolute Gasteiger partial charge is 0.337 e. The standard InChI is InChI=1S/C23H33N/c1-9-18-19-13-11-12-14-21(19)24(20(18)10-2)22(15-23(6,7)8)17(5)16(3)4/h9-14,16-17,22H,1-2,15H2,3-8H3. The molecule has 0 spiro atoms. The first-order chi connectivity index (χ1) is 11.2. The second-order valence-electron chi connectivity index (χ2n) is 8.53. The van der Waals surface area contributed by atoms with Crippen molar-refractivity contribution in [2.75, 3.05) is 0 Å². The predicted molar refractivity (Wildman–Crippen MR) is 109 cm³/mol. The topological polar surface area (TPSA) is 4.93 Å². The van der Waals surface area contributed by atoms with Crippen molar-refractivity contribution in [1.29, 1.82) is 0 Å². The molecule has 1 heteroatoms. The zero-order valence-corrected chi connectivity index (χ0v) is 16.3. The maximum Gasteiger partial charge on any atom is 0.0494 e. The summed E-state index contributed by atoms with van der Waals surface area (Å²) in [6.45, 7) is 22.2. The van der Waals surface area contributed by atoms with Gasteiger partial charge >= 0.3 is 0 Å². The minimum atomic E-state index is 0.270. The molecule has 1 nitrogen and oxygen atoms in total. The number of rotatable bonds is 6. The molecule has 0 aliphatic rings. The maximum absolute atomic E-state index is 4.11. The molecule has 24 heavy (non-hydrogen) atoms. The SMILES string of the molecule is C=Cc1c(C=C)n(C(CC(C)(C)C)C(C)C(C)C)c2ccccc12. The highest BCUT2D eigenvalue weighted by molar-refractivity contribution is 5.93. The summed E-state index contributed by atoms with van der Waals surface area (Å²) in [5.41, 5.74) is 3.97. The summed E-state index contributed by atoms with van der Waals surface area (Å²) in [5.74, 6) is 1.21. The Morgan fingerprint density at radius 2 is 1.67 bits per heavy atom. The van der Waals surface area contributed by atoms with Gasteiger partial charge in [-0.25, -0.2) is 0 Å². The average molecular weight is 324 g/mol. The molecule has 0 radical (unpaired) electrons. The van der Waals surface area contributed by atoms with Gasteiger partial charge < -0.3 is 4.57 Å². The fraction of sp³-hybridized carbons (Fsp3) is 0.478. The number of hydrogen-bond donors (Lipinski definition) is 0. The van der Waals surface area contributed by atoms with Crippen molar-refractivity contribution in [3.05, 3.63) is 48.7 Å². The molecule has 0 aliphatic carbocycles. The summed E-state index contributed by atoms with van der Waals surface area (Å²) in [6, 6.07) is 9.11. The second kappa shape index (κ2) is 7.01. The molecule has 0 aliphatic heterocycles. The minimum Gasteiger partial charge on any atom is -0.337 e. The minimum absolute atomic E-state index is 0.270. The Balaban J connectivity index is 2.77. The summed E-state index contributed by atoms with van der Waals surface area (Å²) >= 11 is 0. The smallest absolute Gasteiger partial charge is 0.0494 e. The Kier molecular flexibility index (Phi) is 5.42. The quantitative estimate of drug-likeness (QED) is 0.530. The maximum atomic E-state index is 4.11. The van der Waals surface area contributed by atoms with Gasteiger partial charge in [0.25, 0.3) is 0 Å². The summed E-state index contributed by atoms with van der Waals surface area (Å²) in [7, 11) is 0. The van der Waals surface area contributed by atoms with Crippen LogP contribution in [0.1, 0.15) is 65.3 Å². The van der Waals surface area contributed by atoms with Gasteiger partial charge in [-0.2, -0.15) is 0 Å². The molecule has 130 valence electrons. The van der Waals surface area contributed by atoms with E-state index in [0.717, 1.165) is 6.42 Å². The molecule has 2 aromatic rings. The first kappa shape index (κ1) is 18.6. The molecule has 1 aromatic carbocycles. The van der Waals surface area contributed by atoms with E-state index in [-0.39, 0.29) is 5.41 Å². The van der Waals surface area contributed by atoms with E-state index in [0.29, 0.717) is 17.9 Å². The van der Waals surface area contributed by atoms with Crippen LogP contribution < -0.4 is 0 Å². The monoisotopic (exact) mass is 323 g/mol. The van der Waals surface area contributed by atoms with Crippen molar-refractivity contribution in [2.24, 2.45) is 17.3 Å². The number of aromatic nitrogens is 1. The van der Waals surface area contributed by atoms with E-state index in [2.05, 4.69) is 83.5 Å². The molecule has 1 heterocycles. The third-order valence-electron chi connectivity index (χ3n) is 5.20. The van der Waals surface area contributed by atoms with Crippen LogP contribution >= 0.6 is 0 Å². The molecular formula is C23H33N. The van der Waals surface area contributed by atoms with E-state index in [4.69, 9.17) is 0 Å². The van der Waals surface area contributed by atoms with Crippen LogP contribution in [0.3, 0.4) is 0 Å². The van der Waals surface area contributed by atoms with Gasteiger partial charge in [-0.05, 0) is 35.8 Å². The molecule has 0 amide bonds. The summed E-state index contributed by atoms with van der Waals surface area (Å²) in [4.78, 5) is 0. The predicted octanol–water partition coefficient (Wildman–Crippen LogP) is 7.20. The zero-order chi connectivity index (χ0) is 18.1. The second-order valence-corrected chi connectivity index (χ2v) is 8.53. The van der Waals surface area contributed by atoms with Crippen LogP contribution in [0.4, 0.5) is 0 Å². The lowest BCUT2D eigenvalue weighted by Gasteiger charge is -2.35. The fourth-order valence-corrected chi connectivity index (χ4v) is 3.67. The number of hydrogen-bond acceptors (Lipinski definition) is 0. The van der Waals surface area contributed by atoms with Crippen LogP contribution in [0.2, 0.25) is 0 Å². The van der Waals surface area contributed by atoms with Gasteiger partial charge in [-0.3, -0.25) is 0 Å². The van der Waals surface area contributed by atoms with Crippen LogP contribution in [0.5, 0.6) is 0 Å². The van der Waals surface area contributed by atoms with Gasteiger partial charge in [0, 0.05) is 28.2 Å².